The van der Waals surface area contributed by atoms with Crippen LogP contribution in [0.1, 0.15) is 18.5 Å². The predicted octanol–water partition coefficient (Wildman–Crippen LogP) is 4.70. The van der Waals surface area contributed by atoms with Crippen molar-refractivity contribution in [3.8, 4) is 33.6 Å². The van der Waals surface area contributed by atoms with E-state index in [1.165, 1.54) is 11.8 Å². The number of ether oxygens (including phenoxy) is 3. The van der Waals surface area contributed by atoms with Crippen LogP contribution in [0.3, 0.4) is 0 Å². The maximum atomic E-state index is 12.8. The van der Waals surface area contributed by atoms with E-state index in [-0.39, 0.29) is 24.5 Å². The average molecular weight is 495 g/mol. The Hall–Kier alpha value is -3.50. The summed E-state index contributed by atoms with van der Waals surface area (Å²) in [5.74, 6) is 2.89. The van der Waals surface area contributed by atoms with E-state index in [0.717, 1.165) is 21.9 Å². The zero-order valence-electron chi connectivity index (χ0n) is 18.6. The number of aromatic nitrogens is 3. The number of hydrogen-bond acceptors (Lipinski definition) is 8. The SMILES string of the molecule is COc1ccccc1-n1c(SCC(=O)NC(C)c2ccc3c(c2)OCO3)nnc1-c1cccs1. The van der Waals surface area contributed by atoms with E-state index < -0.39 is 0 Å². The Balaban J connectivity index is 1.34. The molecule has 1 amide bonds. The molecule has 5 rings (SSSR count). The summed E-state index contributed by atoms with van der Waals surface area (Å²) < 4.78 is 18.3. The van der Waals surface area contributed by atoms with E-state index in [1.54, 1.807) is 18.4 Å². The first kappa shape index (κ1) is 22.3. The van der Waals surface area contributed by atoms with E-state index in [9.17, 15) is 4.79 Å². The molecule has 2 aromatic carbocycles. The minimum absolute atomic E-state index is 0.109. The Kier molecular flexibility index (Phi) is 6.41. The molecule has 8 nitrogen and oxygen atoms in total. The lowest BCUT2D eigenvalue weighted by atomic mass is 10.1. The number of para-hydroxylation sites is 2. The highest BCUT2D eigenvalue weighted by Crippen LogP contribution is 2.35. The molecule has 4 aromatic rings. The molecule has 0 spiro atoms. The first-order valence-corrected chi connectivity index (χ1v) is 12.4. The fourth-order valence-corrected chi connectivity index (χ4v) is 5.09. The maximum absolute atomic E-state index is 12.8. The van der Waals surface area contributed by atoms with E-state index in [1.807, 2.05) is 71.5 Å². The summed E-state index contributed by atoms with van der Waals surface area (Å²) in [6, 6.07) is 17.1. The quantitative estimate of drug-likeness (QED) is 0.355. The van der Waals surface area contributed by atoms with Gasteiger partial charge in [-0.25, -0.2) is 0 Å². The monoisotopic (exact) mass is 494 g/mol. The Morgan fingerprint density at radius 2 is 2.03 bits per heavy atom. The number of methoxy groups -OCH3 is 1. The molecule has 10 heteroatoms. The fraction of sp³-hybridized carbons (Fsp3) is 0.208. The van der Waals surface area contributed by atoms with Crippen LogP contribution in [0.15, 0.2) is 65.1 Å². The zero-order chi connectivity index (χ0) is 23.5. The second-order valence-corrected chi connectivity index (χ2v) is 9.37. The third kappa shape index (κ3) is 4.46. The van der Waals surface area contributed by atoms with Gasteiger partial charge in [0.2, 0.25) is 12.7 Å². The Morgan fingerprint density at radius 3 is 2.85 bits per heavy atom. The van der Waals surface area contributed by atoms with Crippen LogP contribution in [0, 0.1) is 0 Å². The van der Waals surface area contributed by atoms with Crippen LogP contribution < -0.4 is 19.5 Å². The van der Waals surface area contributed by atoms with Gasteiger partial charge in [0.1, 0.15) is 5.75 Å². The third-order valence-electron chi connectivity index (χ3n) is 5.31. The van der Waals surface area contributed by atoms with Gasteiger partial charge >= 0.3 is 0 Å². The van der Waals surface area contributed by atoms with Gasteiger partial charge < -0.3 is 19.5 Å². The fourth-order valence-electron chi connectivity index (χ4n) is 3.64. The smallest absolute Gasteiger partial charge is 0.231 e. The summed E-state index contributed by atoms with van der Waals surface area (Å²) in [5, 5.41) is 14.5. The first-order chi connectivity index (χ1) is 16.6. The molecule has 2 aromatic heterocycles. The number of fused-ring (bicyclic) bond motifs is 1. The van der Waals surface area contributed by atoms with Crippen molar-refractivity contribution in [1.29, 1.82) is 0 Å². The van der Waals surface area contributed by atoms with Crippen LogP contribution in [-0.4, -0.2) is 40.3 Å². The van der Waals surface area contributed by atoms with Crippen LogP contribution in [0.2, 0.25) is 0 Å². The van der Waals surface area contributed by atoms with E-state index in [2.05, 4.69) is 15.5 Å². The minimum Gasteiger partial charge on any atom is -0.495 e. The van der Waals surface area contributed by atoms with E-state index in [4.69, 9.17) is 14.2 Å². The second kappa shape index (κ2) is 9.78. The Morgan fingerprint density at radius 1 is 1.18 bits per heavy atom. The molecule has 1 N–H and O–H groups in total. The molecule has 0 bridgehead atoms. The van der Waals surface area contributed by atoms with Crippen LogP contribution in [0.5, 0.6) is 17.2 Å². The number of benzene rings is 2. The molecule has 34 heavy (non-hydrogen) atoms. The van der Waals surface area contributed by atoms with Crippen molar-refractivity contribution in [2.45, 2.75) is 18.1 Å². The number of nitrogens with one attached hydrogen (secondary N) is 1. The van der Waals surface area contributed by atoms with Crippen LogP contribution in [0.25, 0.3) is 16.4 Å². The van der Waals surface area contributed by atoms with Gasteiger partial charge in [-0.05, 0) is 48.2 Å². The van der Waals surface area contributed by atoms with Crippen molar-refractivity contribution >= 4 is 29.0 Å². The van der Waals surface area contributed by atoms with Gasteiger partial charge in [0.15, 0.2) is 22.5 Å². The van der Waals surface area contributed by atoms with Crippen molar-refractivity contribution in [3.05, 3.63) is 65.5 Å². The average Bonchev–Trinajstić information content (AvgIpc) is 3.62. The number of amides is 1. The van der Waals surface area contributed by atoms with Gasteiger partial charge in [-0.1, -0.05) is 36.0 Å². The number of carbonyl (C=O) groups excluding carboxylic acids is 1. The number of carbonyl (C=O) groups is 1. The highest BCUT2D eigenvalue weighted by atomic mass is 32.2. The molecule has 174 valence electrons. The molecular formula is C24H22N4O4S2. The number of thiophene rings is 1. The van der Waals surface area contributed by atoms with Gasteiger partial charge in [-0.15, -0.1) is 21.5 Å². The molecule has 1 aliphatic heterocycles. The van der Waals surface area contributed by atoms with Crippen molar-refractivity contribution in [1.82, 2.24) is 20.1 Å². The van der Waals surface area contributed by atoms with Gasteiger partial charge in [0.05, 0.1) is 29.5 Å². The second-order valence-electron chi connectivity index (χ2n) is 7.48. The minimum atomic E-state index is -0.184. The molecule has 1 aliphatic rings. The summed E-state index contributed by atoms with van der Waals surface area (Å²) >= 11 is 2.90. The topological polar surface area (TPSA) is 87.5 Å². The van der Waals surface area contributed by atoms with E-state index >= 15 is 0 Å². The van der Waals surface area contributed by atoms with Crippen LogP contribution >= 0.6 is 23.1 Å². The lowest BCUT2D eigenvalue weighted by Crippen LogP contribution is -2.28. The van der Waals surface area contributed by atoms with Crippen molar-refractivity contribution in [2.24, 2.45) is 0 Å². The molecule has 0 saturated carbocycles. The summed E-state index contributed by atoms with van der Waals surface area (Å²) in [4.78, 5) is 13.8. The number of hydrogen-bond donors (Lipinski definition) is 1. The van der Waals surface area contributed by atoms with Crippen LogP contribution in [-0.2, 0) is 4.79 Å². The van der Waals surface area contributed by atoms with Gasteiger partial charge in [-0.3, -0.25) is 9.36 Å². The summed E-state index contributed by atoms with van der Waals surface area (Å²) in [6.45, 7) is 2.16. The standard InChI is InChI=1S/C24H22N4O4S2/c1-15(16-9-10-19-20(12-16)32-14-31-19)25-22(29)13-34-24-27-26-23(21-8-5-11-33-21)28(24)17-6-3-4-7-18(17)30-2/h3-12,15H,13-14H2,1-2H3,(H,25,29). The maximum Gasteiger partial charge on any atom is 0.231 e. The molecule has 0 radical (unpaired) electrons. The molecular weight excluding hydrogens is 472 g/mol. The van der Waals surface area contributed by atoms with Crippen molar-refractivity contribution in [3.63, 3.8) is 0 Å². The lowest BCUT2D eigenvalue weighted by molar-refractivity contribution is -0.119. The summed E-state index contributed by atoms with van der Waals surface area (Å²) in [7, 11) is 1.63. The van der Waals surface area contributed by atoms with Gasteiger partial charge in [0, 0.05) is 0 Å². The summed E-state index contributed by atoms with van der Waals surface area (Å²) in [5.41, 5.74) is 1.76. The predicted molar refractivity (Wildman–Crippen MR) is 131 cm³/mol. The number of nitrogens with zero attached hydrogens (tertiary/aromatic N) is 3. The van der Waals surface area contributed by atoms with Gasteiger partial charge in [-0.2, -0.15) is 0 Å². The normalized spacial score (nSPS) is 13.0. The molecule has 0 aliphatic carbocycles. The lowest BCUT2D eigenvalue weighted by Gasteiger charge is -2.15. The van der Waals surface area contributed by atoms with Gasteiger partial charge in [0.25, 0.3) is 0 Å². The van der Waals surface area contributed by atoms with Crippen LogP contribution in [0.4, 0.5) is 0 Å². The Bertz CT molecular complexity index is 1310. The largest absolute Gasteiger partial charge is 0.495 e. The highest BCUT2D eigenvalue weighted by Gasteiger charge is 2.21. The molecule has 0 fully saturated rings. The summed E-state index contributed by atoms with van der Waals surface area (Å²) in [6.07, 6.45) is 0. The molecule has 3 heterocycles. The molecule has 1 unspecified atom stereocenters. The number of rotatable bonds is 8. The van der Waals surface area contributed by atoms with E-state index in [0.29, 0.717) is 22.5 Å². The highest BCUT2D eigenvalue weighted by molar-refractivity contribution is 7.99. The first-order valence-electron chi connectivity index (χ1n) is 10.6. The molecule has 1 atom stereocenters. The van der Waals surface area contributed by atoms with Crippen molar-refractivity contribution < 1.29 is 19.0 Å². The Labute approximate surface area is 204 Å². The number of thioether (sulfide) groups is 1. The molecule has 0 saturated heterocycles. The zero-order valence-corrected chi connectivity index (χ0v) is 20.2. The third-order valence-corrected chi connectivity index (χ3v) is 7.10. The van der Waals surface area contributed by atoms with Crippen molar-refractivity contribution in [2.75, 3.05) is 19.7 Å².